The van der Waals surface area contributed by atoms with Gasteiger partial charge in [-0.25, -0.2) is 0 Å². The van der Waals surface area contributed by atoms with E-state index in [9.17, 15) is 4.79 Å². The third-order valence-electron chi connectivity index (χ3n) is 5.07. The summed E-state index contributed by atoms with van der Waals surface area (Å²) in [7, 11) is 0. The van der Waals surface area contributed by atoms with Gasteiger partial charge >= 0.3 is 0 Å². The molecule has 6 nitrogen and oxygen atoms in total. The Hall–Kier alpha value is -1.63. The number of rotatable bonds is 4. The van der Waals surface area contributed by atoms with E-state index in [0.717, 1.165) is 37.9 Å². The summed E-state index contributed by atoms with van der Waals surface area (Å²) < 4.78 is 5.22. The van der Waals surface area contributed by atoms with Crippen molar-refractivity contribution < 1.29 is 9.32 Å². The summed E-state index contributed by atoms with van der Waals surface area (Å²) in [6.07, 6.45) is 3.17. The summed E-state index contributed by atoms with van der Waals surface area (Å²) in [4.78, 5) is 16.7. The van der Waals surface area contributed by atoms with Crippen molar-refractivity contribution in [1.82, 2.24) is 20.8 Å². The van der Waals surface area contributed by atoms with Gasteiger partial charge in [0.05, 0.1) is 6.54 Å². The standard InChI is InChI=1S/C17H19ClN4O2.ClH/c18-12-3-1-2-11(8-12)15-21-14(24-22-15)10-20-16(23)13-9-17(13)4-6-19-7-5-17;/h1-3,8,13,19H,4-7,9-10H2,(H,20,23);1H. The van der Waals surface area contributed by atoms with Gasteiger partial charge in [-0.1, -0.05) is 28.9 Å². The van der Waals surface area contributed by atoms with Crippen LogP contribution in [0.2, 0.25) is 5.02 Å². The molecule has 2 heterocycles. The van der Waals surface area contributed by atoms with E-state index >= 15 is 0 Å². The lowest BCUT2D eigenvalue weighted by Gasteiger charge is -2.23. The zero-order chi connectivity index (χ0) is 16.6. The maximum absolute atomic E-state index is 12.3. The molecule has 1 aromatic heterocycles. The van der Waals surface area contributed by atoms with Crippen LogP contribution in [0.5, 0.6) is 0 Å². The van der Waals surface area contributed by atoms with Gasteiger partial charge in [0, 0.05) is 16.5 Å². The maximum Gasteiger partial charge on any atom is 0.246 e. The molecule has 1 aliphatic heterocycles. The predicted octanol–water partition coefficient (Wildman–Crippen LogP) is 2.82. The molecule has 134 valence electrons. The van der Waals surface area contributed by atoms with Crippen LogP contribution in [0.25, 0.3) is 11.4 Å². The molecule has 2 N–H and O–H groups in total. The summed E-state index contributed by atoms with van der Waals surface area (Å²) >= 11 is 5.97. The number of nitrogens with zero attached hydrogens (tertiary/aromatic N) is 2. The Morgan fingerprint density at radius 3 is 2.96 bits per heavy atom. The Kier molecular flexibility index (Phi) is 5.32. The SMILES string of the molecule is Cl.O=C(NCc1nc(-c2cccc(Cl)c2)no1)C1CC12CCNCC2. The molecule has 2 aromatic rings. The van der Waals surface area contributed by atoms with Crippen molar-refractivity contribution in [2.45, 2.75) is 25.8 Å². The lowest BCUT2D eigenvalue weighted by atomic mass is 9.92. The van der Waals surface area contributed by atoms with Crippen molar-refractivity contribution in [3.8, 4) is 11.4 Å². The van der Waals surface area contributed by atoms with Gasteiger partial charge < -0.3 is 15.2 Å². The number of hydrogen-bond acceptors (Lipinski definition) is 5. The van der Waals surface area contributed by atoms with Gasteiger partial charge in [0.15, 0.2) is 0 Å². The van der Waals surface area contributed by atoms with Gasteiger partial charge in [0.1, 0.15) is 0 Å². The Morgan fingerprint density at radius 1 is 1.40 bits per heavy atom. The van der Waals surface area contributed by atoms with Gasteiger partial charge in [-0.05, 0) is 49.9 Å². The summed E-state index contributed by atoms with van der Waals surface area (Å²) in [5.41, 5.74) is 1.02. The molecular weight excluding hydrogens is 363 g/mol. The fourth-order valence-corrected chi connectivity index (χ4v) is 3.74. The molecule has 1 amide bonds. The largest absolute Gasteiger partial charge is 0.347 e. The monoisotopic (exact) mass is 382 g/mol. The van der Waals surface area contributed by atoms with Crippen LogP contribution >= 0.6 is 24.0 Å². The second-order valence-electron chi connectivity index (χ2n) is 6.61. The number of nitrogens with one attached hydrogen (secondary N) is 2. The molecule has 2 fully saturated rings. The lowest BCUT2D eigenvalue weighted by Crippen LogP contribution is -2.33. The van der Waals surface area contributed by atoms with Crippen LogP contribution in [0.4, 0.5) is 0 Å². The molecule has 1 unspecified atom stereocenters. The highest BCUT2D eigenvalue weighted by Crippen LogP contribution is 2.58. The Balaban J connectivity index is 0.00000182. The molecule has 2 aliphatic rings. The van der Waals surface area contributed by atoms with Gasteiger partial charge in [-0.15, -0.1) is 12.4 Å². The minimum atomic E-state index is 0. The Bertz CT molecular complexity index is 759. The van der Waals surface area contributed by atoms with Crippen LogP contribution in [-0.4, -0.2) is 29.1 Å². The molecule has 25 heavy (non-hydrogen) atoms. The molecule has 0 radical (unpaired) electrons. The van der Waals surface area contributed by atoms with Crippen molar-refractivity contribution in [2.24, 2.45) is 11.3 Å². The van der Waals surface area contributed by atoms with E-state index in [-0.39, 0.29) is 36.2 Å². The number of carbonyl (C=O) groups is 1. The second kappa shape index (κ2) is 7.32. The van der Waals surface area contributed by atoms with E-state index in [4.69, 9.17) is 16.1 Å². The topological polar surface area (TPSA) is 80.1 Å². The average molecular weight is 383 g/mol. The molecular formula is C17H20Cl2N4O2. The second-order valence-corrected chi connectivity index (χ2v) is 7.05. The van der Waals surface area contributed by atoms with Gasteiger partial charge in [0.25, 0.3) is 0 Å². The summed E-state index contributed by atoms with van der Waals surface area (Å²) in [6, 6.07) is 7.27. The first-order valence-corrected chi connectivity index (χ1v) is 8.61. The minimum Gasteiger partial charge on any atom is -0.347 e. The minimum absolute atomic E-state index is 0. The summed E-state index contributed by atoms with van der Waals surface area (Å²) in [5, 5.41) is 10.8. The lowest BCUT2D eigenvalue weighted by molar-refractivity contribution is -0.123. The van der Waals surface area contributed by atoms with E-state index in [0.29, 0.717) is 16.7 Å². The van der Waals surface area contributed by atoms with Crippen molar-refractivity contribution in [3.63, 3.8) is 0 Å². The highest BCUT2D eigenvalue weighted by molar-refractivity contribution is 6.30. The van der Waals surface area contributed by atoms with Crippen molar-refractivity contribution in [1.29, 1.82) is 0 Å². The molecule has 0 bridgehead atoms. The van der Waals surface area contributed by atoms with Gasteiger partial charge in [-0.2, -0.15) is 4.98 Å². The highest BCUT2D eigenvalue weighted by atomic mass is 35.5. The Morgan fingerprint density at radius 2 is 2.20 bits per heavy atom. The van der Waals surface area contributed by atoms with Gasteiger partial charge in [0.2, 0.25) is 17.6 Å². The summed E-state index contributed by atoms with van der Waals surface area (Å²) in [6.45, 7) is 2.28. The van der Waals surface area contributed by atoms with E-state index in [1.165, 1.54) is 0 Å². The van der Waals surface area contributed by atoms with Crippen LogP contribution in [0.15, 0.2) is 28.8 Å². The molecule has 1 saturated carbocycles. The number of halogens is 2. The first-order chi connectivity index (χ1) is 11.7. The summed E-state index contributed by atoms with van der Waals surface area (Å²) in [5.74, 6) is 1.11. The molecule has 1 spiro atoms. The fourth-order valence-electron chi connectivity index (χ4n) is 3.55. The quantitative estimate of drug-likeness (QED) is 0.849. The number of piperidine rings is 1. The number of benzene rings is 1. The van der Waals surface area contributed by atoms with Crippen LogP contribution in [0, 0.1) is 11.3 Å². The number of amides is 1. The smallest absolute Gasteiger partial charge is 0.246 e. The number of carbonyl (C=O) groups excluding carboxylic acids is 1. The zero-order valence-corrected chi connectivity index (χ0v) is 15.2. The maximum atomic E-state index is 12.3. The third kappa shape index (κ3) is 3.81. The average Bonchev–Trinajstić information content (AvgIpc) is 3.07. The molecule has 1 aliphatic carbocycles. The number of aromatic nitrogens is 2. The predicted molar refractivity (Wildman–Crippen MR) is 96.5 cm³/mol. The first-order valence-electron chi connectivity index (χ1n) is 8.23. The van der Waals surface area contributed by atoms with Crippen molar-refractivity contribution in [3.05, 3.63) is 35.2 Å². The van der Waals surface area contributed by atoms with Gasteiger partial charge in [-0.3, -0.25) is 4.79 Å². The molecule has 4 rings (SSSR count). The van der Waals surface area contributed by atoms with Crippen molar-refractivity contribution >= 4 is 29.9 Å². The molecule has 1 saturated heterocycles. The first kappa shape index (κ1) is 18.2. The normalized spacial score (nSPS) is 20.8. The molecule has 1 atom stereocenters. The van der Waals surface area contributed by atoms with E-state index in [2.05, 4.69) is 20.8 Å². The zero-order valence-electron chi connectivity index (χ0n) is 13.6. The highest BCUT2D eigenvalue weighted by Gasteiger charge is 2.57. The van der Waals surface area contributed by atoms with E-state index in [1.807, 2.05) is 12.1 Å². The van der Waals surface area contributed by atoms with E-state index < -0.39 is 0 Å². The van der Waals surface area contributed by atoms with Crippen LogP contribution in [0.3, 0.4) is 0 Å². The van der Waals surface area contributed by atoms with E-state index in [1.54, 1.807) is 12.1 Å². The molecule has 8 heteroatoms. The Labute approximate surface area is 157 Å². The number of hydrogen-bond donors (Lipinski definition) is 2. The molecule has 1 aromatic carbocycles. The fraction of sp³-hybridized carbons (Fsp3) is 0.471. The van der Waals surface area contributed by atoms with Crippen LogP contribution in [0.1, 0.15) is 25.2 Å². The van der Waals surface area contributed by atoms with Crippen molar-refractivity contribution in [2.75, 3.05) is 13.1 Å². The van der Waals surface area contributed by atoms with Crippen LogP contribution < -0.4 is 10.6 Å². The van der Waals surface area contributed by atoms with Crippen LogP contribution in [-0.2, 0) is 11.3 Å². The third-order valence-corrected chi connectivity index (χ3v) is 5.31.